The van der Waals surface area contributed by atoms with Crippen LogP contribution in [0.15, 0.2) is 0 Å². The van der Waals surface area contributed by atoms with Crippen LogP contribution < -0.4 is 4.72 Å². The summed E-state index contributed by atoms with van der Waals surface area (Å²) in [7, 11) is -0.639. The van der Waals surface area contributed by atoms with Crippen LogP contribution in [0, 0.1) is 0 Å². The van der Waals surface area contributed by atoms with E-state index in [0.717, 1.165) is 12.8 Å². The molecule has 0 aliphatic rings. The second kappa shape index (κ2) is 7.14. The Labute approximate surface area is 87.7 Å². The van der Waals surface area contributed by atoms with Crippen LogP contribution in [0.25, 0.3) is 0 Å². The summed E-state index contributed by atoms with van der Waals surface area (Å²) in [6, 6.07) is 0. The number of ether oxygens (including phenoxy) is 1. The second-order valence-corrected chi connectivity index (χ2v) is 6.35. The van der Waals surface area contributed by atoms with Gasteiger partial charge in [-0.05, 0) is 16.5 Å². The quantitative estimate of drug-likeness (QED) is 0.191. The summed E-state index contributed by atoms with van der Waals surface area (Å²) < 4.78 is 18.9. The lowest BCUT2D eigenvalue weighted by Gasteiger charge is -2.13. The summed E-state index contributed by atoms with van der Waals surface area (Å²) in [5.41, 5.74) is 0.449. The van der Waals surface area contributed by atoms with Gasteiger partial charge in [0.05, 0.1) is 0 Å². The molecule has 0 unspecified atom stereocenters. The van der Waals surface area contributed by atoms with Crippen molar-refractivity contribution in [2.24, 2.45) is 0 Å². The fraction of sp³-hybridized carbons (Fsp3) is 0.875. The van der Waals surface area contributed by atoms with E-state index in [2.05, 4.69) is 19.5 Å². The van der Waals surface area contributed by atoms with Gasteiger partial charge in [0, 0.05) is 12.9 Å². The topological polar surface area (TPSA) is 55.4 Å². The smallest absolute Gasteiger partial charge is 0.194 e. The molecule has 0 saturated carbocycles. The number of hydrogen-bond donors (Lipinski definition) is 2. The van der Waals surface area contributed by atoms with Crippen LogP contribution in [0.1, 0.15) is 19.8 Å². The van der Waals surface area contributed by atoms with Crippen molar-refractivity contribution >= 4 is 23.6 Å². The van der Waals surface area contributed by atoms with Gasteiger partial charge in [0.1, 0.15) is 14.6 Å². The molecule has 0 aliphatic carbocycles. The summed E-state index contributed by atoms with van der Waals surface area (Å²) in [5.74, 6) is 0.679. The number of nitrogens with one attached hydrogen (secondary N) is 1. The highest BCUT2D eigenvalue weighted by Crippen LogP contribution is 2.05. The molecule has 6 heteroatoms. The molecule has 0 bridgehead atoms. The van der Waals surface area contributed by atoms with Crippen LogP contribution in [-0.2, 0) is 19.7 Å². The van der Waals surface area contributed by atoms with Crippen molar-refractivity contribution in [3.8, 4) is 0 Å². The van der Waals surface area contributed by atoms with E-state index in [1.54, 1.807) is 0 Å². The van der Waals surface area contributed by atoms with Gasteiger partial charge in [0.15, 0.2) is 5.62 Å². The summed E-state index contributed by atoms with van der Waals surface area (Å²) in [5, 5.41) is 0. The minimum atomic E-state index is -2.80. The SMILES string of the molecule is B[C@@H](C)CCCOCN[SH](C)(=O)C=O. The maximum absolute atomic E-state index is 11.2. The molecular formula is C8H20BNO3S. The van der Waals surface area contributed by atoms with Gasteiger partial charge in [-0.2, -0.15) is 0 Å². The van der Waals surface area contributed by atoms with E-state index < -0.39 is 10.1 Å². The van der Waals surface area contributed by atoms with Crippen molar-refractivity contribution in [3.05, 3.63) is 0 Å². The van der Waals surface area contributed by atoms with E-state index in [1.807, 2.05) is 0 Å². The maximum Gasteiger partial charge on any atom is 0.194 e. The molecule has 84 valence electrons. The summed E-state index contributed by atoms with van der Waals surface area (Å²) >= 11 is 0. The standard InChI is InChI=1S/C8H20BNO3S/c1-8(9)4-3-5-13-6-10-14(2,12)7-11/h7-8,14H,3-6,9H2,1-2H3,(H,10,12)/t8-/m0/s1. The monoisotopic (exact) mass is 221 g/mol. The Balaban J connectivity index is 3.30. The highest BCUT2D eigenvalue weighted by molar-refractivity contribution is 8.12. The van der Waals surface area contributed by atoms with Gasteiger partial charge in [-0.15, -0.1) is 0 Å². The number of carbonyl (C=O) groups excluding carboxylic acids is 1. The Hall–Kier alpha value is -0.195. The van der Waals surface area contributed by atoms with Crippen LogP contribution in [0.2, 0.25) is 5.82 Å². The third-order valence-corrected chi connectivity index (χ3v) is 2.91. The molecule has 0 aliphatic heterocycles. The number of rotatable bonds is 8. The minimum Gasteiger partial charge on any atom is -0.365 e. The first-order valence-corrected chi connectivity index (χ1v) is 7.06. The average Bonchev–Trinajstić information content (AvgIpc) is 2.10. The van der Waals surface area contributed by atoms with Crippen molar-refractivity contribution in [2.75, 3.05) is 19.6 Å². The molecule has 0 aromatic rings. The van der Waals surface area contributed by atoms with Crippen LogP contribution in [0.4, 0.5) is 0 Å². The lowest BCUT2D eigenvalue weighted by Crippen LogP contribution is -2.32. The van der Waals surface area contributed by atoms with Gasteiger partial charge >= 0.3 is 0 Å². The molecule has 0 amide bonds. The third kappa shape index (κ3) is 8.41. The summed E-state index contributed by atoms with van der Waals surface area (Å²) in [6.07, 6.45) is 3.50. The average molecular weight is 221 g/mol. The van der Waals surface area contributed by atoms with Crippen LogP contribution in [0.3, 0.4) is 0 Å². The molecule has 1 N–H and O–H groups in total. The van der Waals surface area contributed by atoms with Gasteiger partial charge < -0.3 is 4.74 Å². The first-order valence-electron chi connectivity index (χ1n) is 4.84. The van der Waals surface area contributed by atoms with Crippen LogP contribution in [0.5, 0.6) is 0 Å². The zero-order chi connectivity index (χ0) is 11.0. The Kier molecular flexibility index (Phi) is 7.04. The predicted molar refractivity (Wildman–Crippen MR) is 63.4 cm³/mol. The van der Waals surface area contributed by atoms with E-state index in [9.17, 15) is 9.00 Å². The predicted octanol–water partition coefficient (Wildman–Crippen LogP) is -0.476. The molecule has 0 saturated heterocycles. The van der Waals surface area contributed by atoms with Crippen molar-refractivity contribution in [3.63, 3.8) is 0 Å². The van der Waals surface area contributed by atoms with E-state index >= 15 is 0 Å². The van der Waals surface area contributed by atoms with Crippen molar-refractivity contribution in [2.45, 2.75) is 25.6 Å². The maximum atomic E-state index is 11.2. The van der Waals surface area contributed by atoms with E-state index in [4.69, 9.17) is 4.74 Å². The van der Waals surface area contributed by atoms with Crippen molar-refractivity contribution < 1.29 is 13.7 Å². The normalized spacial score (nSPS) is 15.0. The Bertz CT molecular complexity index is 211. The highest BCUT2D eigenvalue weighted by atomic mass is 32.3. The second-order valence-electron chi connectivity index (χ2n) is 3.84. The molecule has 0 spiro atoms. The molecule has 1 atom stereocenters. The third-order valence-electron chi connectivity index (χ3n) is 1.75. The number of carbonyl (C=O) groups is 1. The highest BCUT2D eigenvalue weighted by Gasteiger charge is 2.03. The Morgan fingerprint density at radius 3 is 2.79 bits per heavy atom. The molecule has 0 aromatic heterocycles. The number of thiol groups is 1. The van der Waals surface area contributed by atoms with Gasteiger partial charge in [-0.3, -0.25) is 9.00 Å². The zero-order valence-electron chi connectivity index (χ0n) is 9.16. The lowest BCUT2D eigenvalue weighted by atomic mass is 9.86. The lowest BCUT2D eigenvalue weighted by molar-refractivity contribution is 0.128. The van der Waals surface area contributed by atoms with Crippen LogP contribution in [-0.4, -0.2) is 37.3 Å². The van der Waals surface area contributed by atoms with Crippen molar-refractivity contribution in [1.29, 1.82) is 0 Å². The first kappa shape index (κ1) is 13.8. The molecule has 0 rings (SSSR count). The molecule has 0 radical (unpaired) electrons. The Morgan fingerprint density at radius 1 is 1.64 bits per heavy atom. The Morgan fingerprint density at radius 2 is 2.29 bits per heavy atom. The van der Waals surface area contributed by atoms with Gasteiger partial charge in [-0.1, -0.05) is 19.2 Å². The zero-order valence-corrected chi connectivity index (χ0v) is 10.0. The largest absolute Gasteiger partial charge is 0.365 e. The number of hydrogen-bond acceptors (Lipinski definition) is 3. The molecule has 14 heavy (non-hydrogen) atoms. The molecule has 0 heterocycles. The van der Waals surface area contributed by atoms with Gasteiger partial charge in [0.2, 0.25) is 0 Å². The first-order chi connectivity index (χ1) is 6.48. The van der Waals surface area contributed by atoms with Crippen LogP contribution >= 0.6 is 0 Å². The molecule has 4 nitrogen and oxygen atoms in total. The molecule has 0 fully saturated rings. The van der Waals surface area contributed by atoms with E-state index in [1.165, 1.54) is 6.26 Å². The fourth-order valence-corrected chi connectivity index (χ4v) is 1.30. The van der Waals surface area contributed by atoms with E-state index in [0.29, 0.717) is 18.0 Å². The fourth-order valence-electron chi connectivity index (χ4n) is 0.877. The van der Waals surface area contributed by atoms with Gasteiger partial charge in [-0.25, -0.2) is 4.72 Å². The van der Waals surface area contributed by atoms with Crippen molar-refractivity contribution in [1.82, 2.24) is 4.72 Å². The molecular weight excluding hydrogens is 201 g/mol. The van der Waals surface area contributed by atoms with Gasteiger partial charge in [0.25, 0.3) is 0 Å². The molecule has 0 aromatic carbocycles. The minimum absolute atomic E-state index is 0.185. The summed E-state index contributed by atoms with van der Waals surface area (Å²) in [4.78, 5) is 10.3. The summed E-state index contributed by atoms with van der Waals surface area (Å²) in [6.45, 7) is 2.99. The van der Waals surface area contributed by atoms with E-state index in [-0.39, 0.29) is 6.73 Å².